The maximum absolute atomic E-state index is 11.8. The van der Waals surface area contributed by atoms with Gasteiger partial charge in [-0.3, -0.25) is 4.79 Å². The van der Waals surface area contributed by atoms with E-state index in [2.05, 4.69) is 0 Å². The first-order chi connectivity index (χ1) is 5.99. The molecule has 0 aliphatic carbocycles. The largest absolute Gasteiger partial charge is 0.384 e. The molecule has 0 N–H and O–H groups in total. The first-order valence-corrected chi connectivity index (χ1v) is 4.66. The van der Waals surface area contributed by atoms with Crippen molar-refractivity contribution in [3.05, 3.63) is 0 Å². The van der Waals surface area contributed by atoms with E-state index >= 15 is 0 Å². The van der Waals surface area contributed by atoms with E-state index < -0.39 is 5.60 Å². The number of ketones is 1. The van der Waals surface area contributed by atoms with Gasteiger partial charge < -0.3 is 9.47 Å². The third kappa shape index (κ3) is 2.09. The molecule has 1 rings (SSSR count). The van der Waals surface area contributed by atoms with Crippen molar-refractivity contribution in [3.8, 4) is 0 Å². The summed E-state index contributed by atoms with van der Waals surface area (Å²) < 4.78 is 10.5. The van der Waals surface area contributed by atoms with Gasteiger partial charge in [0, 0.05) is 19.6 Å². The van der Waals surface area contributed by atoms with Gasteiger partial charge in [0.25, 0.3) is 0 Å². The Morgan fingerprint density at radius 2 is 2.31 bits per heavy atom. The zero-order chi connectivity index (χ0) is 10.1. The topological polar surface area (TPSA) is 35.5 Å². The minimum atomic E-state index is -0.591. The van der Waals surface area contributed by atoms with Crippen LogP contribution >= 0.6 is 0 Å². The summed E-state index contributed by atoms with van der Waals surface area (Å²) in [6.07, 6.45) is 0. The predicted molar refractivity (Wildman–Crippen MR) is 49.6 cm³/mol. The lowest BCUT2D eigenvalue weighted by Crippen LogP contribution is -2.33. The highest BCUT2D eigenvalue weighted by atomic mass is 16.5. The van der Waals surface area contributed by atoms with Gasteiger partial charge in [0.1, 0.15) is 5.60 Å². The molecule has 1 heterocycles. The number of carbonyl (C=O) groups excluding carboxylic acids is 1. The summed E-state index contributed by atoms with van der Waals surface area (Å²) in [6, 6.07) is 0. The first kappa shape index (κ1) is 10.7. The Kier molecular flexibility index (Phi) is 3.09. The van der Waals surface area contributed by atoms with Crippen molar-refractivity contribution in [2.24, 2.45) is 11.8 Å². The van der Waals surface area contributed by atoms with Gasteiger partial charge in [-0.25, -0.2) is 0 Å². The fraction of sp³-hybridized carbons (Fsp3) is 0.900. The Labute approximate surface area is 79.4 Å². The van der Waals surface area contributed by atoms with Gasteiger partial charge in [-0.1, -0.05) is 6.92 Å². The Balaban J connectivity index is 2.59. The fourth-order valence-electron chi connectivity index (χ4n) is 1.69. The summed E-state index contributed by atoms with van der Waals surface area (Å²) in [5, 5.41) is 0. The molecule has 0 aromatic rings. The molecule has 76 valence electrons. The standard InChI is InChI=1S/C10H18O3/c1-7(5-12-4)8-6-13-10(2,3)9(8)11/h7-8H,5-6H2,1-4H3. The summed E-state index contributed by atoms with van der Waals surface area (Å²) in [5.41, 5.74) is -0.591. The van der Waals surface area contributed by atoms with E-state index in [1.54, 1.807) is 7.11 Å². The second-order valence-corrected chi connectivity index (χ2v) is 4.22. The van der Waals surface area contributed by atoms with Gasteiger partial charge in [-0.2, -0.15) is 0 Å². The quantitative estimate of drug-likeness (QED) is 0.665. The molecule has 1 fully saturated rings. The van der Waals surface area contributed by atoms with E-state index in [-0.39, 0.29) is 17.6 Å². The molecule has 0 aromatic carbocycles. The summed E-state index contributed by atoms with van der Waals surface area (Å²) in [4.78, 5) is 11.8. The molecule has 0 amide bonds. The van der Waals surface area contributed by atoms with Crippen LogP contribution in [0.2, 0.25) is 0 Å². The highest BCUT2D eigenvalue weighted by Crippen LogP contribution is 2.30. The monoisotopic (exact) mass is 186 g/mol. The Hall–Kier alpha value is -0.410. The highest BCUT2D eigenvalue weighted by Gasteiger charge is 2.43. The highest BCUT2D eigenvalue weighted by molar-refractivity contribution is 5.90. The van der Waals surface area contributed by atoms with E-state index in [0.717, 1.165) is 0 Å². The van der Waals surface area contributed by atoms with Gasteiger partial charge >= 0.3 is 0 Å². The van der Waals surface area contributed by atoms with Crippen LogP contribution in [0.25, 0.3) is 0 Å². The third-order valence-corrected chi connectivity index (χ3v) is 2.67. The van der Waals surface area contributed by atoms with Gasteiger partial charge in [0.2, 0.25) is 0 Å². The number of methoxy groups -OCH3 is 1. The summed E-state index contributed by atoms with van der Waals surface area (Å²) in [5.74, 6) is 0.464. The van der Waals surface area contributed by atoms with Gasteiger partial charge in [0.15, 0.2) is 5.78 Å². The average Bonchev–Trinajstić information content (AvgIpc) is 2.28. The smallest absolute Gasteiger partial charge is 0.169 e. The number of hydrogen-bond acceptors (Lipinski definition) is 3. The molecular weight excluding hydrogens is 168 g/mol. The van der Waals surface area contributed by atoms with Crippen LogP contribution in [0.3, 0.4) is 0 Å². The van der Waals surface area contributed by atoms with Crippen molar-refractivity contribution >= 4 is 5.78 Å². The lowest BCUT2D eigenvalue weighted by Gasteiger charge is -2.17. The average molecular weight is 186 g/mol. The van der Waals surface area contributed by atoms with Crippen LogP contribution in [-0.4, -0.2) is 31.7 Å². The Bertz CT molecular complexity index is 198. The van der Waals surface area contributed by atoms with Crippen molar-refractivity contribution in [1.82, 2.24) is 0 Å². The predicted octanol–water partition coefficient (Wildman–Crippen LogP) is 1.26. The fourth-order valence-corrected chi connectivity index (χ4v) is 1.69. The number of carbonyl (C=O) groups is 1. The minimum Gasteiger partial charge on any atom is -0.384 e. The molecule has 3 heteroatoms. The molecule has 13 heavy (non-hydrogen) atoms. The summed E-state index contributed by atoms with van der Waals surface area (Å²) in [6.45, 7) is 6.84. The SMILES string of the molecule is COCC(C)C1COC(C)(C)C1=O. The zero-order valence-corrected chi connectivity index (χ0v) is 8.79. The summed E-state index contributed by atoms with van der Waals surface area (Å²) in [7, 11) is 1.65. The van der Waals surface area contributed by atoms with Crippen molar-refractivity contribution in [3.63, 3.8) is 0 Å². The van der Waals surface area contributed by atoms with E-state index in [1.165, 1.54) is 0 Å². The minimum absolute atomic E-state index is 0.00921. The normalized spacial score (nSPS) is 29.2. The maximum atomic E-state index is 11.8. The second kappa shape index (κ2) is 3.76. The van der Waals surface area contributed by atoms with Crippen LogP contribution in [0.15, 0.2) is 0 Å². The van der Waals surface area contributed by atoms with Gasteiger partial charge in [-0.15, -0.1) is 0 Å². The van der Waals surface area contributed by atoms with Crippen molar-refractivity contribution < 1.29 is 14.3 Å². The Morgan fingerprint density at radius 1 is 1.69 bits per heavy atom. The van der Waals surface area contributed by atoms with Crippen LogP contribution < -0.4 is 0 Å². The second-order valence-electron chi connectivity index (χ2n) is 4.22. The zero-order valence-electron chi connectivity index (χ0n) is 8.79. The molecule has 0 bridgehead atoms. The van der Waals surface area contributed by atoms with Crippen LogP contribution in [0.5, 0.6) is 0 Å². The molecule has 0 aromatic heterocycles. The summed E-state index contributed by atoms with van der Waals surface area (Å²) >= 11 is 0. The Morgan fingerprint density at radius 3 is 2.69 bits per heavy atom. The van der Waals surface area contributed by atoms with E-state index in [9.17, 15) is 4.79 Å². The molecule has 3 nitrogen and oxygen atoms in total. The molecular formula is C10H18O3. The molecule has 2 atom stereocenters. The molecule has 0 radical (unpaired) electrons. The number of hydrogen-bond donors (Lipinski definition) is 0. The van der Waals surface area contributed by atoms with Crippen LogP contribution in [-0.2, 0) is 14.3 Å². The first-order valence-electron chi connectivity index (χ1n) is 4.66. The third-order valence-electron chi connectivity index (χ3n) is 2.67. The van der Waals surface area contributed by atoms with E-state index in [4.69, 9.17) is 9.47 Å². The molecule has 2 unspecified atom stereocenters. The maximum Gasteiger partial charge on any atom is 0.169 e. The van der Waals surface area contributed by atoms with Crippen molar-refractivity contribution in [2.45, 2.75) is 26.4 Å². The lowest BCUT2D eigenvalue weighted by atomic mass is 9.87. The molecule has 1 saturated heterocycles. The van der Waals surface area contributed by atoms with Crippen molar-refractivity contribution in [1.29, 1.82) is 0 Å². The molecule has 1 aliphatic rings. The molecule has 0 spiro atoms. The number of rotatable bonds is 3. The van der Waals surface area contributed by atoms with Crippen LogP contribution in [0.1, 0.15) is 20.8 Å². The van der Waals surface area contributed by atoms with Crippen molar-refractivity contribution in [2.75, 3.05) is 20.3 Å². The number of ether oxygens (including phenoxy) is 2. The van der Waals surface area contributed by atoms with E-state index in [0.29, 0.717) is 13.2 Å². The lowest BCUT2D eigenvalue weighted by molar-refractivity contribution is -0.131. The molecule has 1 aliphatic heterocycles. The van der Waals surface area contributed by atoms with Crippen LogP contribution in [0.4, 0.5) is 0 Å². The van der Waals surface area contributed by atoms with Gasteiger partial charge in [0.05, 0.1) is 6.61 Å². The number of Topliss-reactive ketones (excluding diaryl/α,β-unsaturated/α-hetero) is 1. The van der Waals surface area contributed by atoms with Gasteiger partial charge in [-0.05, 0) is 19.8 Å². The van der Waals surface area contributed by atoms with Crippen LogP contribution in [0, 0.1) is 11.8 Å². The molecule has 0 saturated carbocycles. The van der Waals surface area contributed by atoms with E-state index in [1.807, 2.05) is 20.8 Å².